The molecule has 2 N–H and O–H groups in total. The summed E-state index contributed by atoms with van der Waals surface area (Å²) in [4.78, 5) is 2.34. The predicted octanol–water partition coefficient (Wildman–Crippen LogP) is 2.06. The molecule has 4 nitrogen and oxygen atoms in total. The van der Waals surface area contributed by atoms with Gasteiger partial charge in [0.15, 0.2) is 0 Å². The van der Waals surface area contributed by atoms with Gasteiger partial charge in [-0.05, 0) is 12.1 Å². The average molecular weight is 309 g/mol. The number of aliphatic hydroxyl groups excluding tert-OH is 1. The zero-order valence-electron chi connectivity index (χ0n) is 13.3. The van der Waals surface area contributed by atoms with Gasteiger partial charge >= 0.3 is 0 Å². The number of rotatable bonds is 4. The van der Waals surface area contributed by atoms with E-state index in [1.54, 1.807) is 0 Å². The zero-order chi connectivity index (χ0) is 15.6. The maximum atomic E-state index is 10.6. The van der Waals surface area contributed by atoms with Crippen LogP contribution in [0.4, 0.5) is 0 Å². The molecule has 4 rings (SSSR count). The number of hydrogen-bond donors (Lipinski definition) is 2. The molecule has 2 heterocycles. The second-order valence-corrected chi connectivity index (χ2v) is 6.35. The van der Waals surface area contributed by atoms with Crippen LogP contribution in [-0.2, 0) is 6.54 Å². The van der Waals surface area contributed by atoms with Gasteiger partial charge < -0.3 is 15.0 Å². The highest BCUT2D eigenvalue weighted by atomic mass is 16.3. The molecule has 4 heteroatoms. The Bertz CT molecular complexity index is 751. The molecule has 1 aromatic heterocycles. The first-order valence-corrected chi connectivity index (χ1v) is 8.40. The first kappa shape index (κ1) is 14.7. The molecule has 0 amide bonds. The third kappa shape index (κ3) is 2.85. The Morgan fingerprint density at radius 3 is 2.04 bits per heavy atom. The molecule has 3 aromatic rings. The maximum Gasteiger partial charge on any atom is 0.0845 e. The minimum atomic E-state index is -0.354. The van der Waals surface area contributed by atoms with Crippen LogP contribution in [0.2, 0.25) is 0 Å². The van der Waals surface area contributed by atoms with E-state index >= 15 is 0 Å². The second-order valence-electron chi connectivity index (χ2n) is 6.35. The fourth-order valence-electron chi connectivity index (χ4n) is 3.66. The molecule has 0 radical (unpaired) electrons. The zero-order valence-corrected chi connectivity index (χ0v) is 13.3. The van der Waals surface area contributed by atoms with Gasteiger partial charge in [-0.2, -0.15) is 0 Å². The SMILES string of the molecule is O[C@@H](CN1CCNCC1)Cn1c2ccccc2c2ccccc21. The van der Waals surface area contributed by atoms with Crippen molar-refractivity contribution in [3.05, 3.63) is 48.5 Å². The Balaban J connectivity index is 1.64. The Hall–Kier alpha value is -1.88. The maximum absolute atomic E-state index is 10.6. The molecule has 1 aliphatic heterocycles. The number of fused-ring (bicyclic) bond motifs is 3. The van der Waals surface area contributed by atoms with E-state index < -0.39 is 0 Å². The van der Waals surface area contributed by atoms with Gasteiger partial charge in [0.25, 0.3) is 0 Å². The van der Waals surface area contributed by atoms with Gasteiger partial charge in [0.2, 0.25) is 0 Å². The monoisotopic (exact) mass is 309 g/mol. The van der Waals surface area contributed by atoms with Gasteiger partial charge in [0.05, 0.1) is 12.6 Å². The van der Waals surface area contributed by atoms with Crippen molar-refractivity contribution in [2.45, 2.75) is 12.6 Å². The number of para-hydroxylation sites is 2. The Kier molecular flexibility index (Phi) is 4.04. The summed E-state index contributed by atoms with van der Waals surface area (Å²) < 4.78 is 2.26. The summed E-state index contributed by atoms with van der Waals surface area (Å²) in [6, 6.07) is 16.9. The normalized spacial score (nSPS) is 17.8. The van der Waals surface area contributed by atoms with Gasteiger partial charge in [0.1, 0.15) is 0 Å². The minimum Gasteiger partial charge on any atom is -0.390 e. The molecule has 1 aliphatic rings. The van der Waals surface area contributed by atoms with Crippen LogP contribution >= 0.6 is 0 Å². The molecule has 0 unspecified atom stereocenters. The van der Waals surface area contributed by atoms with Crippen molar-refractivity contribution >= 4 is 21.8 Å². The van der Waals surface area contributed by atoms with Gasteiger partial charge in [-0.3, -0.25) is 4.90 Å². The van der Waals surface area contributed by atoms with Gasteiger partial charge in [0, 0.05) is 54.5 Å². The molecule has 120 valence electrons. The average Bonchev–Trinajstić information content (AvgIpc) is 2.90. The first-order chi connectivity index (χ1) is 11.3. The molecule has 1 fully saturated rings. The highest BCUT2D eigenvalue weighted by Crippen LogP contribution is 2.28. The number of nitrogens with zero attached hydrogens (tertiary/aromatic N) is 2. The lowest BCUT2D eigenvalue weighted by Crippen LogP contribution is -2.46. The van der Waals surface area contributed by atoms with E-state index in [2.05, 4.69) is 63.3 Å². The Morgan fingerprint density at radius 2 is 1.43 bits per heavy atom. The molecule has 1 saturated heterocycles. The number of piperazine rings is 1. The lowest BCUT2D eigenvalue weighted by Gasteiger charge is -2.29. The molecular formula is C19H23N3O. The fourth-order valence-corrected chi connectivity index (χ4v) is 3.66. The number of aromatic nitrogens is 1. The summed E-state index contributed by atoms with van der Waals surface area (Å²) in [5.41, 5.74) is 2.40. The van der Waals surface area contributed by atoms with E-state index in [-0.39, 0.29) is 6.10 Å². The van der Waals surface area contributed by atoms with Crippen LogP contribution in [0.25, 0.3) is 21.8 Å². The molecule has 2 aromatic carbocycles. The number of nitrogens with one attached hydrogen (secondary N) is 1. The third-order valence-electron chi connectivity index (χ3n) is 4.75. The van der Waals surface area contributed by atoms with Crippen LogP contribution in [0.15, 0.2) is 48.5 Å². The summed E-state index contributed by atoms with van der Waals surface area (Å²) in [5, 5.41) is 16.5. The summed E-state index contributed by atoms with van der Waals surface area (Å²) in [7, 11) is 0. The van der Waals surface area contributed by atoms with Gasteiger partial charge in [-0.1, -0.05) is 36.4 Å². The third-order valence-corrected chi connectivity index (χ3v) is 4.75. The lowest BCUT2D eigenvalue weighted by atomic mass is 10.2. The highest BCUT2D eigenvalue weighted by molar-refractivity contribution is 6.07. The van der Waals surface area contributed by atoms with Crippen LogP contribution in [0.1, 0.15) is 0 Å². The van der Waals surface area contributed by atoms with Crippen molar-refractivity contribution in [1.29, 1.82) is 0 Å². The van der Waals surface area contributed by atoms with Crippen LogP contribution in [0.3, 0.4) is 0 Å². The quantitative estimate of drug-likeness (QED) is 0.775. The largest absolute Gasteiger partial charge is 0.390 e. The van der Waals surface area contributed by atoms with E-state index in [1.165, 1.54) is 21.8 Å². The number of β-amino-alcohol motifs (C(OH)–C–C–N with tert-alkyl or cyclic N) is 1. The molecule has 0 bridgehead atoms. The fraction of sp³-hybridized carbons (Fsp3) is 0.368. The Morgan fingerprint density at radius 1 is 0.870 bits per heavy atom. The summed E-state index contributed by atoms with van der Waals surface area (Å²) in [5.74, 6) is 0. The van der Waals surface area contributed by atoms with E-state index in [0.717, 1.165) is 32.7 Å². The van der Waals surface area contributed by atoms with Crippen LogP contribution in [0.5, 0.6) is 0 Å². The molecule has 0 saturated carbocycles. The molecule has 0 aliphatic carbocycles. The van der Waals surface area contributed by atoms with Crippen LogP contribution < -0.4 is 5.32 Å². The predicted molar refractivity (Wildman–Crippen MR) is 94.8 cm³/mol. The van der Waals surface area contributed by atoms with Crippen LogP contribution in [-0.4, -0.2) is 53.4 Å². The first-order valence-electron chi connectivity index (χ1n) is 8.40. The summed E-state index contributed by atoms with van der Waals surface area (Å²) >= 11 is 0. The van der Waals surface area contributed by atoms with Crippen LogP contribution in [0, 0.1) is 0 Å². The molecule has 1 atom stereocenters. The van der Waals surface area contributed by atoms with Crippen molar-refractivity contribution in [2.24, 2.45) is 0 Å². The second kappa shape index (κ2) is 6.32. The van der Waals surface area contributed by atoms with Crippen molar-refractivity contribution < 1.29 is 5.11 Å². The number of aliphatic hydroxyl groups is 1. The number of benzene rings is 2. The summed E-state index contributed by atoms with van der Waals surface area (Å²) in [6.45, 7) is 5.44. The van der Waals surface area contributed by atoms with E-state index in [1.807, 2.05) is 0 Å². The molecular weight excluding hydrogens is 286 g/mol. The highest BCUT2D eigenvalue weighted by Gasteiger charge is 2.17. The molecule has 0 spiro atoms. The van der Waals surface area contributed by atoms with E-state index in [4.69, 9.17) is 0 Å². The van der Waals surface area contributed by atoms with Crippen molar-refractivity contribution in [2.75, 3.05) is 32.7 Å². The van der Waals surface area contributed by atoms with Gasteiger partial charge in [-0.25, -0.2) is 0 Å². The van der Waals surface area contributed by atoms with E-state index in [9.17, 15) is 5.11 Å². The van der Waals surface area contributed by atoms with Crippen molar-refractivity contribution in [3.63, 3.8) is 0 Å². The van der Waals surface area contributed by atoms with Crippen molar-refractivity contribution in [1.82, 2.24) is 14.8 Å². The molecule has 23 heavy (non-hydrogen) atoms. The van der Waals surface area contributed by atoms with Gasteiger partial charge in [-0.15, -0.1) is 0 Å². The Labute approximate surface area is 136 Å². The lowest BCUT2D eigenvalue weighted by molar-refractivity contribution is 0.0936. The minimum absolute atomic E-state index is 0.354. The smallest absolute Gasteiger partial charge is 0.0845 e. The standard InChI is InChI=1S/C19H23N3O/c23-15(13-21-11-9-20-10-12-21)14-22-18-7-3-1-5-16(18)17-6-2-4-8-19(17)22/h1-8,15,20,23H,9-14H2/t15-/m0/s1. The number of hydrogen-bond acceptors (Lipinski definition) is 3. The summed E-state index contributed by atoms with van der Waals surface area (Å²) in [6.07, 6.45) is -0.354. The van der Waals surface area contributed by atoms with E-state index in [0.29, 0.717) is 6.54 Å². The van der Waals surface area contributed by atoms with Crippen molar-refractivity contribution in [3.8, 4) is 0 Å². The topological polar surface area (TPSA) is 40.4 Å².